The number of nitrogens with zero attached hydrogens (tertiary/aromatic N) is 1. The molecule has 0 aromatic carbocycles. The summed E-state index contributed by atoms with van der Waals surface area (Å²) in [7, 11) is 0. The van der Waals surface area contributed by atoms with Gasteiger partial charge in [-0.1, -0.05) is 0 Å². The van der Waals surface area contributed by atoms with Crippen molar-refractivity contribution in [3.63, 3.8) is 0 Å². The van der Waals surface area contributed by atoms with Crippen molar-refractivity contribution < 1.29 is 4.74 Å². The second-order valence-electron chi connectivity index (χ2n) is 6.39. The van der Waals surface area contributed by atoms with Crippen molar-refractivity contribution in [1.82, 2.24) is 10.2 Å². The molecule has 2 saturated heterocycles. The van der Waals surface area contributed by atoms with Crippen molar-refractivity contribution in [2.24, 2.45) is 0 Å². The van der Waals surface area contributed by atoms with Crippen LogP contribution in [0.4, 0.5) is 0 Å². The number of likely N-dealkylation sites (tertiary alicyclic amines) is 1. The van der Waals surface area contributed by atoms with Gasteiger partial charge in [-0.15, -0.1) is 12.4 Å². The molecule has 2 aliphatic heterocycles. The van der Waals surface area contributed by atoms with Crippen molar-refractivity contribution in [2.75, 3.05) is 13.2 Å². The van der Waals surface area contributed by atoms with E-state index in [2.05, 4.69) is 44.8 Å². The molecule has 2 atom stereocenters. The summed E-state index contributed by atoms with van der Waals surface area (Å²) in [6.45, 7) is 13.2. The summed E-state index contributed by atoms with van der Waals surface area (Å²) < 4.78 is 6.07. The van der Waals surface area contributed by atoms with E-state index < -0.39 is 0 Å². The first-order chi connectivity index (χ1) is 7.34. The van der Waals surface area contributed by atoms with E-state index in [-0.39, 0.29) is 23.7 Å². The number of hydrogen-bond donors (Lipinski definition) is 1. The largest absolute Gasteiger partial charge is 0.357 e. The maximum atomic E-state index is 6.07. The van der Waals surface area contributed by atoms with Gasteiger partial charge in [0.15, 0.2) is 0 Å². The maximum absolute atomic E-state index is 6.07. The molecule has 2 unspecified atom stereocenters. The van der Waals surface area contributed by atoms with Crippen LogP contribution in [0, 0.1) is 0 Å². The highest BCUT2D eigenvalue weighted by Gasteiger charge is 2.49. The van der Waals surface area contributed by atoms with Crippen LogP contribution in [0.1, 0.15) is 47.5 Å². The molecule has 0 radical (unpaired) electrons. The number of ether oxygens (including phenoxy) is 1. The average molecular weight is 263 g/mol. The smallest absolute Gasteiger partial charge is 0.132 e. The first-order valence-corrected chi connectivity index (χ1v) is 6.53. The second-order valence-corrected chi connectivity index (χ2v) is 6.39. The van der Waals surface area contributed by atoms with E-state index in [4.69, 9.17) is 4.74 Å². The van der Waals surface area contributed by atoms with E-state index in [0.717, 1.165) is 6.61 Å². The Kier molecular flexibility index (Phi) is 4.52. The number of hydrogen-bond acceptors (Lipinski definition) is 3. The topological polar surface area (TPSA) is 24.5 Å². The summed E-state index contributed by atoms with van der Waals surface area (Å²) in [4.78, 5) is 2.58. The van der Waals surface area contributed by atoms with Gasteiger partial charge in [-0.2, -0.15) is 0 Å². The Labute approximate surface area is 112 Å². The molecule has 0 aromatic rings. The van der Waals surface area contributed by atoms with Gasteiger partial charge in [-0.3, -0.25) is 10.2 Å². The monoisotopic (exact) mass is 262 g/mol. The lowest BCUT2D eigenvalue weighted by Crippen LogP contribution is -2.59. The van der Waals surface area contributed by atoms with Crippen molar-refractivity contribution in [3.8, 4) is 0 Å². The van der Waals surface area contributed by atoms with Gasteiger partial charge in [0.1, 0.15) is 5.72 Å². The van der Waals surface area contributed by atoms with Crippen LogP contribution >= 0.6 is 12.4 Å². The Morgan fingerprint density at radius 1 is 1.29 bits per heavy atom. The Bertz CT molecular complexity index is 270. The highest BCUT2D eigenvalue weighted by Crippen LogP contribution is 2.34. The van der Waals surface area contributed by atoms with Gasteiger partial charge in [-0.05, 0) is 54.0 Å². The van der Waals surface area contributed by atoms with Crippen LogP contribution in [0.25, 0.3) is 0 Å². The third-order valence-electron chi connectivity index (χ3n) is 3.91. The van der Waals surface area contributed by atoms with E-state index in [1.807, 2.05) is 0 Å². The lowest BCUT2D eigenvalue weighted by atomic mass is 10.00. The summed E-state index contributed by atoms with van der Waals surface area (Å²) in [6, 6.07) is 1.13. The maximum Gasteiger partial charge on any atom is 0.132 e. The molecule has 0 aliphatic carbocycles. The molecule has 1 N–H and O–H groups in total. The molecule has 2 heterocycles. The average Bonchev–Trinajstić information content (AvgIpc) is 2.71. The molecule has 0 aromatic heterocycles. The Balaban J connectivity index is 0.00000144. The molecule has 0 bridgehead atoms. The van der Waals surface area contributed by atoms with Crippen molar-refractivity contribution in [2.45, 2.75) is 70.8 Å². The van der Waals surface area contributed by atoms with E-state index >= 15 is 0 Å². The Morgan fingerprint density at radius 2 is 1.94 bits per heavy atom. The SMILES string of the molecule is CC(C)N1CCCC1C1(C)NC(C)(C)CO1.Cl. The summed E-state index contributed by atoms with van der Waals surface area (Å²) in [5.74, 6) is 0. The lowest BCUT2D eigenvalue weighted by molar-refractivity contribution is -0.0603. The van der Waals surface area contributed by atoms with Crippen LogP contribution in [-0.4, -0.2) is 41.4 Å². The van der Waals surface area contributed by atoms with Crippen LogP contribution in [-0.2, 0) is 4.74 Å². The van der Waals surface area contributed by atoms with E-state index in [1.54, 1.807) is 0 Å². The quantitative estimate of drug-likeness (QED) is 0.827. The van der Waals surface area contributed by atoms with Crippen molar-refractivity contribution in [3.05, 3.63) is 0 Å². The molecule has 2 fully saturated rings. The van der Waals surface area contributed by atoms with Gasteiger partial charge in [0.25, 0.3) is 0 Å². The number of halogens is 1. The minimum Gasteiger partial charge on any atom is -0.357 e. The highest BCUT2D eigenvalue weighted by atomic mass is 35.5. The van der Waals surface area contributed by atoms with Crippen LogP contribution < -0.4 is 5.32 Å². The summed E-state index contributed by atoms with van der Waals surface area (Å²) >= 11 is 0. The molecule has 0 amide bonds. The zero-order chi connectivity index (χ0) is 12.0. The molecule has 0 saturated carbocycles. The fourth-order valence-corrected chi connectivity index (χ4v) is 3.25. The molecular formula is C13H27ClN2O. The van der Waals surface area contributed by atoms with Gasteiger partial charge in [0.05, 0.1) is 12.6 Å². The van der Waals surface area contributed by atoms with Crippen LogP contribution in [0.2, 0.25) is 0 Å². The molecule has 2 rings (SSSR count). The van der Waals surface area contributed by atoms with Gasteiger partial charge < -0.3 is 4.74 Å². The third kappa shape index (κ3) is 2.95. The van der Waals surface area contributed by atoms with Gasteiger partial charge in [0.2, 0.25) is 0 Å². The molecule has 3 nitrogen and oxygen atoms in total. The zero-order valence-electron chi connectivity index (χ0n) is 11.7. The van der Waals surface area contributed by atoms with E-state index in [0.29, 0.717) is 12.1 Å². The lowest BCUT2D eigenvalue weighted by Gasteiger charge is -2.40. The summed E-state index contributed by atoms with van der Waals surface area (Å²) in [5, 5.41) is 3.67. The predicted molar refractivity (Wildman–Crippen MR) is 73.7 cm³/mol. The fourth-order valence-electron chi connectivity index (χ4n) is 3.25. The number of rotatable bonds is 2. The minimum atomic E-state index is -0.162. The normalized spacial score (nSPS) is 37.4. The molecule has 0 spiro atoms. The number of nitrogens with one attached hydrogen (secondary N) is 1. The van der Waals surface area contributed by atoms with Gasteiger partial charge in [-0.25, -0.2) is 0 Å². The highest BCUT2D eigenvalue weighted by molar-refractivity contribution is 5.85. The molecular weight excluding hydrogens is 236 g/mol. The molecule has 2 aliphatic rings. The van der Waals surface area contributed by atoms with Crippen molar-refractivity contribution in [1.29, 1.82) is 0 Å². The third-order valence-corrected chi connectivity index (χ3v) is 3.91. The molecule has 4 heteroatoms. The molecule has 102 valence electrons. The first kappa shape index (κ1) is 15.2. The summed E-state index contributed by atoms with van der Waals surface area (Å²) in [6.07, 6.45) is 2.54. The van der Waals surface area contributed by atoms with Gasteiger partial charge in [0, 0.05) is 11.6 Å². The van der Waals surface area contributed by atoms with Crippen LogP contribution in [0.15, 0.2) is 0 Å². The first-order valence-electron chi connectivity index (χ1n) is 6.53. The predicted octanol–water partition coefficient (Wildman–Crippen LogP) is 2.40. The van der Waals surface area contributed by atoms with Crippen molar-refractivity contribution >= 4 is 12.4 Å². The molecule has 17 heavy (non-hydrogen) atoms. The second kappa shape index (κ2) is 5.04. The zero-order valence-corrected chi connectivity index (χ0v) is 12.6. The van der Waals surface area contributed by atoms with Crippen LogP contribution in [0.5, 0.6) is 0 Å². The fraction of sp³-hybridized carbons (Fsp3) is 1.00. The minimum absolute atomic E-state index is 0. The summed E-state index contributed by atoms with van der Waals surface area (Å²) in [5.41, 5.74) is -0.0513. The van der Waals surface area contributed by atoms with Crippen LogP contribution in [0.3, 0.4) is 0 Å². The van der Waals surface area contributed by atoms with Gasteiger partial charge >= 0.3 is 0 Å². The van der Waals surface area contributed by atoms with E-state index in [1.165, 1.54) is 19.4 Å². The van der Waals surface area contributed by atoms with E-state index in [9.17, 15) is 0 Å². The Hall–Kier alpha value is 0.170. The standard InChI is InChI=1S/C13H26N2O.ClH/c1-10(2)15-8-6-7-11(15)13(5)14-12(3,4)9-16-13;/h10-11,14H,6-9H2,1-5H3;1H. The Morgan fingerprint density at radius 3 is 2.41 bits per heavy atom.